The fraction of sp³-hybridized carbons (Fsp3) is 0.192. The van der Waals surface area contributed by atoms with Crippen LogP contribution in [0.5, 0.6) is 0 Å². The lowest BCUT2D eigenvalue weighted by molar-refractivity contribution is 0.0880. The smallest absolute Gasteiger partial charge is 0.177 e. The number of H-pyrrole nitrogens is 2. The second-order valence-corrected chi connectivity index (χ2v) is 10.9. The van der Waals surface area contributed by atoms with E-state index in [9.17, 15) is 9.50 Å². The van der Waals surface area contributed by atoms with Crippen molar-refractivity contribution >= 4 is 39.0 Å². The fourth-order valence-corrected chi connectivity index (χ4v) is 4.77. The number of nitrogens with zero attached hydrogens (tertiary/aromatic N) is 5. The summed E-state index contributed by atoms with van der Waals surface area (Å²) in [6.07, 6.45) is 5.33. The summed E-state index contributed by atoms with van der Waals surface area (Å²) in [6, 6.07) is 6.45. The number of imidazole rings is 1. The molecule has 38 heavy (non-hydrogen) atoms. The number of aliphatic hydroxyl groups is 1. The number of hydrogen-bond donors (Lipinski definition) is 4. The molecular formula is C26H22F2N8OS. The molecule has 6 heterocycles. The Balaban J connectivity index is 1.43. The molecule has 0 saturated heterocycles. The van der Waals surface area contributed by atoms with Crippen LogP contribution in [0.15, 0.2) is 49.1 Å². The van der Waals surface area contributed by atoms with Crippen molar-refractivity contribution in [1.29, 1.82) is 0 Å². The van der Waals surface area contributed by atoms with Gasteiger partial charge in [-0.15, -0.1) is 11.3 Å². The third kappa shape index (κ3) is 4.17. The summed E-state index contributed by atoms with van der Waals surface area (Å²) in [5.74, 6) is -0.267. The predicted molar refractivity (Wildman–Crippen MR) is 142 cm³/mol. The van der Waals surface area contributed by atoms with Crippen LogP contribution in [0.3, 0.4) is 0 Å². The molecule has 192 valence electrons. The Morgan fingerprint density at radius 3 is 2.61 bits per heavy atom. The van der Waals surface area contributed by atoms with Gasteiger partial charge in [-0.25, -0.2) is 9.37 Å². The molecule has 0 bridgehead atoms. The summed E-state index contributed by atoms with van der Waals surface area (Å²) in [5.41, 5.74) is 2.99. The Morgan fingerprint density at radius 1 is 1.00 bits per heavy atom. The van der Waals surface area contributed by atoms with Gasteiger partial charge >= 0.3 is 0 Å². The number of fused-ring (bicyclic) bond motifs is 2. The highest BCUT2D eigenvalue weighted by Gasteiger charge is 2.24. The van der Waals surface area contributed by atoms with Crippen LogP contribution < -0.4 is 5.32 Å². The van der Waals surface area contributed by atoms with Crippen molar-refractivity contribution in [1.82, 2.24) is 35.1 Å². The molecule has 6 aromatic heterocycles. The van der Waals surface area contributed by atoms with Gasteiger partial charge in [0.25, 0.3) is 0 Å². The first-order valence-corrected chi connectivity index (χ1v) is 12.5. The normalized spacial score (nSPS) is 12.9. The van der Waals surface area contributed by atoms with Gasteiger partial charge in [-0.05, 0) is 24.3 Å². The molecule has 0 amide bonds. The minimum Gasteiger partial charge on any atom is -0.373 e. The summed E-state index contributed by atoms with van der Waals surface area (Å²) in [5, 5.41) is 20.4. The van der Waals surface area contributed by atoms with E-state index in [1.165, 1.54) is 18.5 Å². The van der Waals surface area contributed by atoms with E-state index in [4.69, 9.17) is 0 Å². The van der Waals surface area contributed by atoms with Gasteiger partial charge in [-0.1, -0.05) is 20.8 Å². The SMILES string of the molecule is CC(C)(C)C(O)Nc1cncc(-c2ncc3[nH]nc(-c4nc5c(-c6ccc(F)s6)nccc5[nH]4)c3c2F)c1. The third-order valence-corrected chi connectivity index (χ3v) is 6.99. The van der Waals surface area contributed by atoms with Gasteiger partial charge in [-0.2, -0.15) is 9.49 Å². The molecule has 0 saturated carbocycles. The monoisotopic (exact) mass is 532 g/mol. The first kappa shape index (κ1) is 24.1. The molecule has 6 aromatic rings. The highest BCUT2D eigenvalue weighted by Crippen LogP contribution is 2.35. The standard InChI is InChI=1S/C26H22F2N8OS/c1-26(2,3)25(37)32-13-8-12(9-29-10-13)20-19(28)18-15(11-31-20)35-36-23(18)24-33-14-6-7-30-22(21(14)34-24)16-4-5-17(27)38-16/h4-11,25,32,37H,1-3H3,(H,33,34)(H,35,36). The molecule has 0 spiro atoms. The highest BCUT2D eigenvalue weighted by molar-refractivity contribution is 7.13. The summed E-state index contributed by atoms with van der Waals surface area (Å²) < 4.78 is 29.7. The molecule has 0 aliphatic heterocycles. The van der Waals surface area contributed by atoms with Crippen LogP contribution in [-0.4, -0.2) is 46.5 Å². The number of halogens is 2. The van der Waals surface area contributed by atoms with E-state index < -0.39 is 17.5 Å². The lowest BCUT2D eigenvalue weighted by Gasteiger charge is -2.27. The maximum atomic E-state index is 16.0. The molecule has 4 N–H and O–H groups in total. The van der Waals surface area contributed by atoms with Crippen molar-refractivity contribution in [3.63, 3.8) is 0 Å². The number of anilines is 1. The molecule has 6 rings (SSSR count). The number of aliphatic hydroxyl groups excluding tert-OH is 1. The average Bonchev–Trinajstić information content (AvgIpc) is 3.61. The Hall–Kier alpha value is -4.29. The minimum absolute atomic E-state index is 0.0778. The number of pyridine rings is 3. The summed E-state index contributed by atoms with van der Waals surface area (Å²) in [7, 11) is 0. The van der Waals surface area contributed by atoms with Crippen LogP contribution in [0, 0.1) is 16.4 Å². The molecule has 0 aliphatic rings. The van der Waals surface area contributed by atoms with Gasteiger partial charge in [0.05, 0.1) is 39.4 Å². The number of nitrogens with one attached hydrogen (secondary N) is 3. The lowest BCUT2D eigenvalue weighted by Crippen LogP contribution is -2.33. The summed E-state index contributed by atoms with van der Waals surface area (Å²) in [4.78, 5) is 21.3. The quantitative estimate of drug-likeness (QED) is 0.208. The van der Waals surface area contributed by atoms with Gasteiger partial charge in [0, 0.05) is 23.4 Å². The summed E-state index contributed by atoms with van der Waals surface area (Å²) >= 11 is 0.973. The number of thiophene rings is 1. The summed E-state index contributed by atoms with van der Waals surface area (Å²) in [6.45, 7) is 5.69. The van der Waals surface area contributed by atoms with Crippen molar-refractivity contribution in [3.8, 4) is 33.3 Å². The molecule has 0 aliphatic carbocycles. The van der Waals surface area contributed by atoms with Gasteiger partial charge in [0.1, 0.15) is 28.8 Å². The molecule has 0 aromatic carbocycles. The Labute approximate surface area is 219 Å². The fourth-order valence-electron chi connectivity index (χ4n) is 4.04. The number of rotatable bonds is 5. The van der Waals surface area contributed by atoms with Gasteiger partial charge in [-0.3, -0.25) is 20.1 Å². The molecule has 0 radical (unpaired) electrons. The van der Waals surface area contributed by atoms with Gasteiger partial charge in [0.2, 0.25) is 0 Å². The number of aromatic amines is 2. The van der Waals surface area contributed by atoms with Crippen molar-refractivity contribution in [2.75, 3.05) is 5.32 Å². The van der Waals surface area contributed by atoms with Crippen LogP contribution in [0.25, 0.3) is 55.3 Å². The Bertz CT molecular complexity index is 1800. The van der Waals surface area contributed by atoms with Crippen LogP contribution in [0.1, 0.15) is 20.8 Å². The van der Waals surface area contributed by atoms with Crippen LogP contribution in [0.2, 0.25) is 0 Å². The number of aromatic nitrogens is 7. The minimum atomic E-state index is -0.835. The van der Waals surface area contributed by atoms with Crippen molar-refractivity contribution in [2.45, 2.75) is 27.0 Å². The predicted octanol–water partition coefficient (Wildman–Crippen LogP) is 5.74. The van der Waals surface area contributed by atoms with Crippen molar-refractivity contribution < 1.29 is 13.9 Å². The van der Waals surface area contributed by atoms with Crippen LogP contribution >= 0.6 is 11.3 Å². The number of hydrogen-bond acceptors (Lipinski definition) is 8. The van der Waals surface area contributed by atoms with E-state index in [0.29, 0.717) is 44.2 Å². The first-order valence-electron chi connectivity index (χ1n) is 11.7. The van der Waals surface area contributed by atoms with Crippen molar-refractivity contribution in [3.05, 3.63) is 60.0 Å². The molecule has 0 fully saturated rings. The Morgan fingerprint density at radius 2 is 1.84 bits per heavy atom. The van der Waals surface area contributed by atoms with E-state index in [-0.39, 0.29) is 21.9 Å². The van der Waals surface area contributed by atoms with E-state index in [1.54, 1.807) is 30.6 Å². The average molecular weight is 533 g/mol. The first-order chi connectivity index (χ1) is 18.2. The van der Waals surface area contributed by atoms with E-state index in [1.807, 2.05) is 20.8 Å². The zero-order chi connectivity index (χ0) is 26.6. The zero-order valence-electron chi connectivity index (χ0n) is 20.5. The molecule has 9 nitrogen and oxygen atoms in total. The largest absolute Gasteiger partial charge is 0.373 e. The highest BCUT2D eigenvalue weighted by atomic mass is 32.1. The molecule has 1 atom stereocenters. The Kier molecular flexibility index (Phi) is 5.65. The maximum Gasteiger partial charge on any atom is 0.177 e. The lowest BCUT2D eigenvalue weighted by atomic mass is 9.94. The van der Waals surface area contributed by atoms with E-state index >= 15 is 4.39 Å². The van der Waals surface area contributed by atoms with Gasteiger partial charge < -0.3 is 15.4 Å². The maximum absolute atomic E-state index is 16.0. The second kappa shape index (κ2) is 8.92. The van der Waals surface area contributed by atoms with Crippen molar-refractivity contribution in [2.24, 2.45) is 5.41 Å². The third-order valence-electron chi connectivity index (χ3n) is 6.11. The molecular weight excluding hydrogens is 510 g/mol. The zero-order valence-corrected chi connectivity index (χ0v) is 21.4. The van der Waals surface area contributed by atoms with Crippen LogP contribution in [-0.2, 0) is 0 Å². The van der Waals surface area contributed by atoms with Crippen LogP contribution in [0.4, 0.5) is 14.5 Å². The topological polar surface area (TPSA) is 128 Å². The second-order valence-electron chi connectivity index (χ2n) is 9.90. The molecule has 1 unspecified atom stereocenters. The van der Waals surface area contributed by atoms with E-state index in [2.05, 4.69) is 40.4 Å². The van der Waals surface area contributed by atoms with E-state index in [0.717, 1.165) is 11.3 Å². The molecule has 12 heteroatoms. The van der Waals surface area contributed by atoms with Gasteiger partial charge in [0.15, 0.2) is 16.8 Å².